The van der Waals surface area contributed by atoms with E-state index in [1.54, 1.807) is 12.1 Å². The number of nitrogens with one attached hydrogen (secondary N) is 1. The van der Waals surface area contributed by atoms with E-state index >= 15 is 0 Å². The van der Waals surface area contributed by atoms with Crippen LogP contribution in [0, 0.1) is 5.82 Å². The van der Waals surface area contributed by atoms with Crippen molar-refractivity contribution in [3.63, 3.8) is 0 Å². The fourth-order valence-corrected chi connectivity index (χ4v) is 1.86. The van der Waals surface area contributed by atoms with Crippen LogP contribution in [0.25, 0.3) is 0 Å². The SMILES string of the molecule is CNC(=O)c1cc(F)ccc1Oc1ccc(Cl)c(Cl)c1. The van der Waals surface area contributed by atoms with Gasteiger partial charge in [-0.05, 0) is 30.3 Å². The van der Waals surface area contributed by atoms with E-state index < -0.39 is 11.7 Å². The first-order valence-electron chi connectivity index (χ1n) is 5.66. The first-order valence-corrected chi connectivity index (χ1v) is 6.41. The molecule has 0 aliphatic heterocycles. The molecular weight excluding hydrogens is 304 g/mol. The van der Waals surface area contributed by atoms with Crippen LogP contribution in [0.15, 0.2) is 36.4 Å². The number of carbonyl (C=O) groups excluding carboxylic acids is 1. The van der Waals surface area contributed by atoms with E-state index in [0.717, 1.165) is 6.07 Å². The molecule has 1 N–H and O–H groups in total. The van der Waals surface area contributed by atoms with Crippen LogP contribution in [-0.2, 0) is 0 Å². The molecule has 0 aromatic heterocycles. The van der Waals surface area contributed by atoms with Crippen molar-refractivity contribution in [3.05, 3.63) is 57.8 Å². The highest BCUT2D eigenvalue weighted by atomic mass is 35.5. The molecule has 2 aromatic rings. The fraction of sp³-hybridized carbons (Fsp3) is 0.0714. The molecular formula is C14H10Cl2FNO2. The van der Waals surface area contributed by atoms with Crippen LogP contribution in [-0.4, -0.2) is 13.0 Å². The van der Waals surface area contributed by atoms with Gasteiger partial charge in [0.25, 0.3) is 5.91 Å². The molecule has 0 spiro atoms. The number of hydrogen-bond acceptors (Lipinski definition) is 2. The van der Waals surface area contributed by atoms with Gasteiger partial charge >= 0.3 is 0 Å². The van der Waals surface area contributed by atoms with Crippen molar-refractivity contribution in [2.24, 2.45) is 0 Å². The molecule has 0 aliphatic carbocycles. The van der Waals surface area contributed by atoms with Gasteiger partial charge in [-0.25, -0.2) is 4.39 Å². The molecule has 0 atom stereocenters. The van der Waals surface area contributed by atoms with E-state index in [1.807, 2.05) is 0 Å². The largest absolute Gasteiger partial charge is 0.456 e. The van der Waals surface area contributed by atoms with Gasteiger partial charge in [-0.3, -0.25) is 4.79 Å². The molecule has 20 heavy (non-hydrogen) atoms. The van der Waals surface area contributed by atoms with Crippen LogP contribution in [0.2, 0.25) is 10.0 Å². The third-order valence-corrected chi connectivity index (χ3v) is 3.27. The van der Waals surface area contributed by atoms with Crippen LogP contribution in [0.3, 0.4) is 0 Å². The van der Waals surface area contributed by atoms with Gasteiger partial charge in [0.1, 0.15) is 17.3 Å². The van der Waals surface area contributed by atoms with E-state index in [1.165, 1.54) is 25.2 Å². The smallest absolute Gasteiger partial charge is 0.254 e. The highest BCUT2D eigenvalue weighted by Gasteiger charge is 2.13. The summed E-state index contributed by atoms with van der Waals surface area (Å²) in [7, 11) is 1.45. The number of rotatable bonds is 3. The van der Waals surface area contributed by atoms with Gasteiger partial charge in [0.15, 0.2) is 0 Å². The topological polar surface area (TPSA) is 38.3 Å². The molecule has 1 amide bonds. The maximum atomic E-state index is 13.2. The van der Waals surface area contributed by atoms with Crippen molar-refractivity contribution in [1.29, 1.82) is 0 Å². The summed E-state index contributed by atoms with van der Waals surface area (Å²) < 4.78 is 18.8. The zero-order valence-corrected chi connectivity index (χ0v) is 11.9. The highest BCUT2D eigenvalue weighted by Crippen LogP contribution is 2.31. The second kappa shape index (κ2) is 6.11. The average Bonchev–Trinajstić information content (AvgIpc) is 2.44. The van der Waals surface area contributed by atoms with Crippen LogP contribution >= 0.6 is 23.2 Å². The summed E-state index contributed by atoms with van der Waals surface area (Å²) in [6, 6.07) is 8.38. The number of benzene rings is 2. The van der Waals surface area contributed by atoms with Crippen molar-refractivity contribution >= 4 is 29.1 Å². The minimum Gasteiger partial charge on any atom is -0.456 e. The minimum atomic E-state index is -0.523. The lowest BCUT2D eigenvalue weighted by molar-refractivity contribution is 0.0960. The zero-order chi connectivity index (χ0) is 14.7. The van der Waals surface area contributed by atoms with Gasteiger partial charge in [0.2, 0.25) is 0 Å². The Balaban J connectivity index is 2.37. The van der Waals surface area contributed by atoms with Gasteiger partial charge in [-0.1, -0.05) is 23.2 Å². The Morgan fingerprint density at radius 2 is 1.90 bits per heavy atom. The molecule has 2 rings (SSSR count). The third-order valence-electron chi connectivity index (χ3n) is 2.53. The molecule has 0 unspecified atom stereocenters. The molecule has 0 aliphatic rings. The Bertz CT molecular complexity index is 662. The number of halogens is 3. The van der Waals surface area contributed by atoms with E-state index in [4.69, 9.17) is 27.9 Å². The molecule has 6 heteroatoms. The van der Waals surface area contributed by atoms with Crippen molar-refractivity contribution in [1.82, 2.24) is 5.32 Å². The van der Waals surface area contributed by atoms with Gasteiger partial charge in [0.05, 0.1) is 15.6 Å². The Kier molecular flexibility index (Phi) is 4.47. The molecule has 0 radical (unpaired) electrons. The normalized spacial score (nSPS) is 10.2. The van der Waals surface area contributed by atoms with Crippen molar-refractivity contribution in [2.75, 3.05) is 7.05 Å². The van der Waals surface area contributed by atoms with E-state index in [9.17, 15) is 9.18 Å². The lowest BCUT2D eigenvalue weighted by atomic mass is 10.2. The molecule has 2 aromatic carbocycles. The fourth-order valence-electron chi connectivity index (χ4n) is 1.57. The predicted molar refractivity (Wildman–Crippen MR) is 76.3 cm³/mol. The van der Waals surface area contributed by atoms with Gasteiger partial charge in [-0.15, -0.1) is 0 Å². The summed E-state index contributed by atoms with van der Waals surface area (Å²) in [4.78, 5) is 11.7. The summed E-state index contributed by atoms with van der Waals surface area (Å²) >= 11 is 11.7. The minimum absolute atomic E-state index is 0.0959. The lowest BCUT2D eigenvalue weighted by Crippen LogP contribution is -2.18. The summed E-state index contributed by atoms with van der Waals surface area (Å²) in [6.07, 6.45) is 0. The zero-order valence-electron chi connectivity index (χ0n) is 10.4. The summed E-state index contributed by atoms with van der Waals surface area (Å²) in [6.45, 7) is 0. The van der Waals surface area contributed by atoms with Crippen LogP contribution in [0.4, 0.5) is 4.39 Å². The van der Waals surface area contributed by atoms with Crippen molar-refractivity contribution in [3.8, 4) is 11.5 Å². The standard InChI is InChI=1S/C14H10Cl2FNO2/c1-18-14(19)10-6-8(17)2-5-13(10)20-9-3-4-11(15)12(16)7-9/h2-7H,1H3,(H,18,19). The Morgan fingerprint density at radius 3 is 2.55 bits per heavy atom. The second-order valence-corrected chi connectivity index (χ2v) is 4.71. The van der Waals surface area contributed by atoms with Crippen LogP contribution in [0.1, 0.15) is 10.4 Å². The number of hydrogen-bond donors (Lipinski definition) is 1. The maximum absolute atomic E-state index is 13.2. The first-order chi connectivity index (χ1) is 9.51. The van der Waals surface area contributed by atoms with Gasteiger partial charge in [-0.2, -0.15) is 0 Å². The van der Waals surface area contributed by atoms with Crippen LogP contribution < -0.4 is 10.1 Å². The Morgan fingerprint density at radius 1 is 1.15 bits per heavy atom. The molecule has 3 nitrogen and oxygen atoms in total. The number of carbonyl (C=O) groups is 1. The molecule has 0 saturated carbocycles. The first kappa shape index (κ1) is 14.6. The van der Waals surface area contributed by atoms with E-state index in [-0.39, 0.29) is 11.3 Å². The number of ether oxygens (including phenoxy) is 1. The van der Waals surface area contributed by atoms with Crippen molar-refractivity contribution < 1.29 is 13.9 Å². The van der Waals surface area contributed by atoms with E-state index in [0.29, 0.717) is 15.8 Å². The van der Waals surface area contributed by atoms with E-state index in [2.05, 4.69) is 5.32 Å². The Hall–Kier alpha value is -1.78. The summed E-state index contributed by atoms with van der Waals surface area (Å²) in [5, 5.41) is 3.14. The summed E-state index contributed by atoms with van der Waals surface area (Å²) in [5.74, 6) is -0.343. The quantitative estimate of drug-likeness (QED) is 0.918. The molecule has 0 saturated heterocycles. The molecule has 0 heterocycles. The Labute approximate surface area is 125 Å². The third kappa shape index (κ3) is 3.21. The lowest BCUT2D eigenvalue weighted by Gasteiger charge is -2.11. The number of amides is 1. The predicted octanol–water partition coefficient (Wildman–Crippen LogP) is 4.28. The summed E-state index contributed by atoms with van der Waals surface area (Å²) in [5.41, 5.74) is 0.0959. The molecule has 0 fully saturated rings. The monoisotopic (exact) mass is 313 g/mol. The highest BCUT2D eigenvalue weighted by molar-refractivity contribution is 6.42. The van der Waals surface area contributed by atoms with Crippen molar-refractivity contribution in [2.45, 2.75) is 0 Å². The average molecular weight is 314 g/mol. The van der Waals surface area contributed by atoms with Gasteiger partial charge in [0, 0.05) is 13.1 Å². The molecule has 0 bridgehead atoms. The second-order valence-electron chi connectivity index (χ2n) is 3.90. The molecule has 104 valence electrons. The van der Waals surface area contributed by atoms with Crippen LogP contribution in [0.5, 0.6) is 11.5 Å². The maximum Gasteiger partial charge on any atom is 0.254 e. The van der Waals surface area contributed by atoms with Gasteiger partial charge < -0.3 is 10.1 Å².